The summed E-state index contributed by atoms with van der Waals surface area (Å²) in [5, 5.41) is 13.7. The van der Waals surface area contributed by atoms with Gasteiger partial charge in [0.15, 0.2) is 5.82 Å². The molecule has 6 heteroatoms. The summed E-state index contributed by atoms with van der Waals surface area (Å²) < 4.78 is 15.2. The second-order valence-electron chi connectivity index (χ2n) is 4.00. The minimum absolute atomic E-state index is 0.0768. The number of aromatic nitrogens is 2. The van der Waals surface area contributed by atoms with Gasteiger partial charge in [-0.1, -0.05) is 5.16 Å². The zero-order valence-electron chi connectivity index (χ0n) is 10.9. The molecule has 0 saturated heterocycles. The molecule has 2 aromatic rings. The predicted octanol–water partition coefficient (Wildman–Crippen LogP) is 2.03. The van der Waals surface area contributed by atoms with E-state index in [1.165, 1.54) is 6.07 Å². The fourth-order valence-corrected chi connectivity index (χ4v) is 1.65. The zero-order chi connectivity index (χ0) is 13.7. The van der Waals surface area contributed by atoms with E-state index in [1.54, 1.807) is 26.4 Å². The molecule has 0 atom stereocenters. The first-order valence-corrected chi connectivity index (χ1v) is 5.93. The van der Waals surface area contributed by atoms with Crippen molar-refractivity contribution in [1.29, 1.82) is 0 Å². The van der Waals surface area contributed by atoms with Crippen LogP contribution in [0.25, 0.3) is 11.5 Å². The molecular formula is C13H16N2O4. The highest BCUT2D eigenvalue weighted by Gasteiger charge is 2.13. The van der Waals surface area contributed by atoms with Gasteiger partial charge in [0, 0.05) is 20.1 Å². The molecule has 0 spiro atoms. The average molecular weight is 264 g/mol. The molecule has 0 saturated carbocycles. The smallest absolute Gasteiger partial charge is 0.261 e. The minimum Gasteiger partial charge on any atom is -0.507 e. The van der Waals surface area contributed by atoms with Crippen molar-refractivity contribution in [3.05, 3.63) is 24.0 Å². The van der Waals surface area contributed by atoms with Gasteiger partial charge < -0.3 is 19.1 Å². The van der Waals surface area contributed by atoms with Gasteiger partial charge in [-0.05, 0) is 24.6 Å². The van der Waals surface area contributed by atoms with Crippen LogP contribution in [0.1, 0.15) is 12.2 Å². The third kappa shape index (κ3) is 3.23. The lowest BCUT2D eigenvalue weighted by atomic mass is 10.2. The number of hydrogen-bond acceptors (Lipinski definition) is 6. The second kappa shape index (κ2) is 6.19. The van der Waals surface area contributed by atoms with Crippen LogP contribution in [0.15, 0.2) is 22.7 Å². The highest BCUT2D eigenvalue weighted by Crippen LogP contribution is 2.31. The summed E-state index contributed by atoms with van der Waals surface area (Å²) in [5.41, 5.74) is 0.463. The number of ether oxygens (including phenoxy) is 2. The van der Waals surface area contributed by atoms with E-state index in [2.05, 4.69) is 10.1 Å². The van der Waals surface area contributed by atoms with E-state index in [0.717, 1.165) is 6.42 Å². The average Bonchev–Trinajstić information content (AvgIpc) is 2.88. The normalized spacial score (nSPS) is 10.6. The molecule has 19 heavy (non-hydrogen) atoms. The molecule has 0 aliphatic rings. The second-order valence-corrected chi connectivity index (χ2v) is 4.00. The zero-order valence-corrected chi connectivity index (χ0v) is 10.9. The first-order chi connectivity index (χ1) is 9.24. The molecule has 1 aromatic carbocycles. The van der Waals surface area contributed by atoms with Crippen LogP contribution in [0.2, 0.25) is 0 Å². The van der Waals surface area contributed by atoms with Crippen molar-refractivity contribution in [2.45, 2.75) is 12.8 Å². The Balaban J connectivity index is 2.17. The van der Waals surface area contributed by atoms with Crippen molar-refractivity contribution in [3.63, 3.8) is 0 Å². The van der Waals surface area contributed by atoms with Gasteiger partial charge in [0.1, 0.15) is 11.5 Å². The summed E-state index contributed by atoms with van der Waals surface area (Å²) in [6.07, 6.45) is 1.49. The monoisotopic (exact) mass is 264 g/mol. The van der Waals surface area contributed by atoms with E-state index >= 15 is 0 Å². The standard InChI is InChI=1S/C13H16N2O4/c1-17-7-3-4-12-14-13(19-15-12)10-8-9(18-2)5-6-11(10)16/h5-6,8,16H,3-4,7H2,1-2H3. The number of nitrogens with zero attached hydrogens (tertiary/aromatic N) is 2. The van der Waals surface area contributed by atoms with E-state index in [0.29, 0.717) is 30.2 Å². The van der Waals surface area contributed by atoms with Gasteiger partial charge in [-0.3, -0.25) is 0 Å². The van der Waals surface area contributed by atoms with Crippen molar-refractivity contribution in [2.24, 2.45) is 0 Å². The molecule has 0 radical (unpaired) electrons. The Morgan fingerprint density at radius 2 is 2.16 bits per heavy atom. The highest BCUT2D eigenvalue weighted by molar-refractivity contribution is 5.64. The van der Waals surface area contributed by atoms with Gasteiger partial charge in [-0.25, -0.2) is 0 Å². The first-order valence-electron chi connectivity index (χ1n) is 5.93. The molecule has 0 aliphatic carbocycles. The Morgan fingerprint density at radius 1 is 1.32 bits per heavy atom. The number of rotatable bonds is 6. The Morgan fingerprint density at radius 3 is 2.89 bits per heavy atom. The fourth-order valence-electron chi connectivity index (χ4n) is 1.65. The maximum atomic E-state index is 9.80. The van der Waals surface area contributed by atoms with Gasteiger partial charge in [-0.2, -0.15) is 4.98 Å². The largest absolute Gasteiger partial charge is 0.507 e. The van der Waals surface area contributed by atoms with E-state index in [-0.39, 0.29) is 11.6 Å². The number of hydrogen-bond donors (Lipinski definition) is 1. The molecule has 0 bridgehead atoms. The van der Waals surface area contributed by atoms with Gasteiger partial charge in [0.25, 0.3) is 5.89 Å². The lowest BCUT2D eigenvalue weighted by molar-refractivity contribution is 0.194. The molecule has 1 N–H and O–H groups in total. The van der Waals surface area contributed by atoms with Crippen molar-refractivity contribution in [2.75, 3.05) is 20.8 Å². The number of phenolic OH excluding ortho intramolecular Hbond substituents is 1. The molecule has 0 aliphatic heterocycles. The van der Waals surface area contributed by atoms with Crippen LogP contribution < -0.4 is 4.74 Å². The number of benzene rings is 1. The van der Waals surface area contributed by atoms with Crippen LogP contribution >= 0.6 is 0 Å². The van der Waals surface area contributed by atoms with E-state index in [1.807, 2.05) is 0 Å². The van der Waals surface area contributed by atoms with Gasteiger partial charge in [0.05, 0.1) is 12.7 Å². The number of aromatic hydroxyl groups is 1. The van der Waals surface area contributed by atoms with Crippen molar-refractivity contribution >= 4 is 0 Å². The van der Waals surface area contributed by atoms with Crippen LogP contribution in [0.5, 0.6) is 11.5 Å². The van der Waals surface area contributed by atoms with E-state index in [9.17, 15) is 5.11 Å². The van der Waals surface area contributed by atoms with Crippen molar-refractivity contribution in [3.8, 4) is 23.0 Å². The maximum absolute atomic E-state index is 9.80. The third-order valence-corrected chi connectivity index (χ3v) is 2.65. The quantitative estimate of drug-likeness (QED) is 0.804. The van der Waals surface area contributed by atoms with Crippen LogP contribution in [-0.2, 0) is 11.2 Å². The highest BCUT2D eigenvalue weighted by atomic mass is 16.5. The van der Waals surface area contributed by atoms with E-state index in [4.69, 9.17) is 14.0 Å². The molecule has 0 amide bonds. The summed E-state index contributed by atoms with van der Waals surface area (Å²) >= 11 is 0. The topological polar surface area (TPSA) is 77.6 Å². The van der Waals surface area contributed by atoms with Crippen LogP contribution in [0, 0.1) is 0 Å². The van der Waals surface area contributed by atoms with Gasteiger partial charge >= 0.3 is 0 Å². The van der Waals surface area contributed by atoms with Crippen LogP contribution in [-0.4, -0.2) is 36.1 Å². The summed E-state index contributed by atoms with van der Waals surface area (Å²) in [6.45, 7) is 0.647. The first kappa shape index (κ1) is 13.4. The lowest BCUT2D eigenvalue weighted by Crippen LogP contribution is -1.94. The Bertz CT molecular complexity index is 539. The van der Waals surface area contributed by atoms with E-state index < -0.39 is 0 Å². The minimum atomic E-state index is 0.0768. The number of aryl methyl sites for hydroxylation is 1. The number of methoxy groups -OCH3 is 2. The molecule has 102 valence electrons. The predicted molar refractivity (Wildman–Crippen MR) is 68.1 cm³/mol. The Hall–Kier alpha value is -2.08. The third-order valence-electron chi connectivity index (χ3n) is 2.65. The van der Waals surface area contributed by atoms with Crippen molar-refractivity contribution < 1.29 is 19.1 Å². The lowest BCUT2D eigenvalue weighted by Gasteiger charge is -2.02. The fraction of sp³-hybridized carbons (Fsp3) is 0.385. The van der Waals surface area contributed by atoms with Crippen LogP contribution in [0.4, 0.5) is 0 Å². The molecule has 1 heterocycles. The molecule has 0 fully saturated rings. The molecule has 6 nitrogen and oxygen atoms in total. The van der Waals surface area contributed by atoms with Crippen LogP contribution in [0.3, 0.4) is 0 Å². The molecular weight excluding hydrogens is 248 g/mol. The Kier molecular flexibility index (Phi) is 4.35. The summed E-state index contributed by atoms with van der Waals surface area (Å²) in [4.78, 5) is 4.24. The molecule has 1 aromatic heterocycles. The molecule has 0 unspecified atom stereocenters. The van der Waals surface area contributed by atoms with Crippen molar-refractivity contribution in [1.82, 2.24) is 10.1 Å². The van der Waals surface area contributed by atoms with Gasteiger partial charge in [-0.15, -0.1) is 0 Å². The summed E-state index contributed by atoms with van der Waals surface area (Å²) in [7, 11) is 3.20. The number of phenols is 1. The summed E-state index contributed by atoms with van der Waals surface area (Å²) in [6, 6.07) is 4.85. The summed E-state index contributed by atoms with van der Waals surface area (Å²) in [5.74, 6) is 1.57. The van der Waals surface area contributed by atoms with Gasteiger partial charge in [0.2, 0.25) is 0 Å². The maximum Gasteiger partial charge on any atom is 0.261 e. The SMILES string of the molecule is COCCCc1noc(-c2cc(OC)ccc2O)n1. The molecule has 2 rings (SSSR count). The Labute approximate surface area is 111 Å².